The van der Waals surface area contributed by atoms with E-state index in [1.165, 1.54) is 7.11 Å². The van der Waals surface area contributed by atoms with Gasteiger partial charge in [0.1, 0.15) is 6.33 Å². The van der Waals surface area contributed by atoms with Crippen LogP contribution in [0.1, 0.15) is 12.8 Å². The molecule has 1 heterocycles. The first-order chi connectivity index (χ1) is 8.56. The Hall–Kier alpha value is -2.45. The fourth-order valence-electron chi connectivity index (χ4n) is 1.28. The Morgan fingerprint density at radius 2 is 2.33 bits per heavy atom. The highest BCUT2D eigenvalue weighted by Gasteiger charge is 2.23. The first-order valence-electron chi connectivity index (χ1n) is 5.11. The lowest BCUT2D eigenvalue weighted by Crippen LogP contribution is -2.13. The number of anilines is 1. The minimum Gasteiger partial charge on any atom is -0.476 e. The molecule has 0 radical (unpaired) electrons. The first-order valence-corrected chi connectivity index (χ1v) is 5.11. The number of carbonyl (C=O) groups excluding carboxylic acids is 1. The van der Waals surface area contributed by atoms with Gasteiger partial charge in [0.2, 0.25) is 11.7 Å². The van der Waals surface area contributed by atoms with Crippen LogP contribution in [0.25, 0.3) is 0 Å². The van der Waals surface area contributed by atoms with E-state index in [1.54, 1.807) is 0 Å². The number of aromatic nitrogens is 2. The highest BCUT2D eigenvalue weighted by Crippen LogP contribution is 2.30. The third-order valence-corrected chi connectivity index (χ3v) is 2.06. The highest BCUT2D eigenvalue weighted by atomic mass is 16.6. The van der Waals surface area contributed by atoms with Gasteiger partial charge in [-0.3, -0.25) is 14.9 Å². The molecule has 0 saturated heterocycles. The van der Waals surface area contributed by atoms with Crippen molar-refractivity contribution < 1.29 is 14.5 Å². The largest absolute Gasteiger partial charge is 0.476 e. The van der Waals surface area contributed by atoms with Gasteiger partial charge in [0.15, 0.2) is 0 Å². The Balaban J connectivity index is 2.75. The van der Waals surface area contributed by atoms with Gasteiger partial charge in [-0.25, -0.2) is 4.98 Å². The van der Waals surface area contributed by atoms with E-state index in [9.17, 15) is 14.9 Å². The van der Waals surface area contributed by atoms with Gasteiger partial charge in [0.25, 0.3) is 5.88 Å². The van der Waals surface area contributed by atoms with Crippen molar-refractivity contribution in [2.45, 2.75) is 12.8 Å². The van der Waals surface area contributed by atoms with Gasteiger partial charge < -0.3 is 15.8 Å². The summed E-state index contributed by atoms with van der Waals surface area (Å²) in [4.78, 5) is 28.2. The molecule has 0 aromatic carbocycles. The van der Waals surface area contributed by atoms with E-state index in [1.807, 2.05) is 0 Å². The number of nitrogens with two attached hydrogens (primary N) is 1. The summed E-state index contributed by atoms with van der Waals surface area (Å²) >= 11 is 0. The second-order valence-electron chi connectivity index (χ2n) is 3.33. The molecule has 0 atom stereocenters. The molecule has 0 bridgehead atoms. The van der Waals surface area contributed by atoms with Crippen LogP contribution < -0.4 is 15.8 Å². The van der Waals surface area contributed by atoms with Gasteiger partial charge >= 0.3 is 5.69 Å². The summed E-state index contributed by atoms with van der Waals surface area (Å²) in [5.41, 5.74) is 4.64. The standard InChI is InChI=1S/C9H13N5O4/c1-18-9-7(14(16)17)8(12-5-13-9)11-4-2-3-6(10)15/h5H,2-4H2,1H3,(H2,10,15)(H,11,12,13). The molecule has 1 aromatic rings. The van der Waals surface area contributed by atoms with Crippen molar-refractivity contribution in [2.24, 2.45) is 5.73 Å². The second kappa shape index (κ2) is 6.33. The van der Waals surface area contributed by atoms with Crippen LogP contribution in [0.3, 0.4) is 0 Å². The third kappa shape index (κ3) is 3.54. The Morgan fingerprint density at radius 3 is 2.89 bits per heavy atom. The zero-order chi connectivity index (χ0) is 13.5. The molecular formula is C9H13N5O4. The first kappa shape index (κ1) is 13.6. The molecule has 0 aliphatic rings. The molecule has 9 nitrogen and oxygen atoms in total. The summed E-state index contributed by atoms with van der Waals surface area (Å²) in [6.45, 7) is 0.337. The predicted molar refractivity (Wildman–Crippen MR) is 62.2 cm³/mol. The van der Waals surface area contributed by atoms with E-state index in [0.717, 1.165) is 6.33 Å². The van der Waals surface area contributed by atoms with E-state index in [4.69, 9.17) is 10.5 Å². The molecule has 0 unspecified atom stereocenters. The van der Waals surface area contributed by atoms with Crippen molar-refractivity contribution in [1.82, 2.24) is 9.97 Å². The van der Waals surface area contributed by atoms with Crippen LogP contribution in [0.4, 0.5) is 11.5 Å². The lowest BCUT2D eigenvalue weighted by Gasteiger charge is -2.06. The molecule has 18 heavy (non-hydrogen) atoms. The van der Waals surface area contributed by atoms with Crippen LogP contribution in [-0.4, -0.2) is 34.5 Å². The molecule has 9 heteroatoms. The Morgan fingerprint density at radius 1 is 1.61 bits per heavy atom. The fourth-order valence-corrected chi connectivity index (χ4v) is 1.28. The van der Waals surface area contributed by atoms with Crippen molar-refractivity contribution >= 4 is 17.4 Å². The topological polar surface area (TPSA) is 133 Å². The van der Waals surface area contributed by atoms with Crippen LogP contribution in [0, 0.1) is 10.1 Å². The monoisotopic (exact) mass is 255 g/mol. The predicted octanol–water partition coefficient (Wildman–Crippen LogP) is 0.0708. The molecule has 1 aromatic heterocycles. The minimum absolute atomic E-state index is 0.0521. The van der Waals surface area contributed by atoms with Crippen LogP contribution in [-0.2, 0) is 4.79 Å². The molecule has 0 aliphatic carbocycles. The average molecular weight is 255 g/mol. The van der Waals surface area contributed by atoms with E-state index in [0.29, 0.717) is 13.0 Å². The molecule has 98 valence electrons. The van der Waals surface area contributed by atoms with Gasteiger partial charge in [-0.1, -0.05) is 0 Å². The Labute approximate surface area is 103 Å². The summed E-state index contributed by atoms with van der Waals surface area (Å²) in [5.74, 6) is -0.490. The number of rotatable bonds is 7. The normalized spacial score (nSPS) is 9.83. The highest BCUT2D eigenvalue weighted by molar-refractivity contribution is 5.73. The van der Waals surface area contributed by atoms with Gasteiger partial charge in [0, 0.05) is 13.0 Å². The molecule has 0 saturated carbocycles. The van der Waals surface area contributed by atoms with Crippen molar-refractivity contribution in [2.75, 3.05) is 19.0 Å². The Kier molecular flexibility index (Phi) is 4.78. The maximum absolute atomic E-state index is 10.9. The molecule has 0 aliphatic heterocycles. The Bertz CT molecular complexity index is 451. The number of primary amides is 1. The smallest absolute Gasteiger partial charge is 0.372 e. The molecule has 0 spiro atoms. The van der Waals surface area contributed by atoms with Crippen molar-refractivity contribution in [1.29, 1.82) is 0 Å². The number of nitro groups is 1. The number of amides is 1. The number of hydrogen-bond donors (Lipinski definition) is 2. The molecule has 1 rings (SSSR count). The molecule has 0 fully saturated rings. The van der Waals surface area contributed by atoms with Gasteiger partial charge in [-0.05, 0) is 6.42 Å². The van der Waals surface area contributed by atoms with Gasteiger partial charge in [-0.15, -0.1) is 0 Å². The van der Waals surface area contributed by atoms with Crippen molar-refractivity contribution in [3.63, 3.8) is 0 Å². The zero-order valence-corrected chi connectivity index (χ0v) is 9.75. The quantitative estimate of drug-likeness (QED) is 0.400. The van der Waals surface area contributed by atoms with E-state index in [-0.39, 0.29) is 23.8 Å². The van der Waals surface area contributed by atoms with Crippen molar-refractivity contribution in [3.05, 3.63) is 16.4 Å². The van der Waals surface area contributed by atoms with Crippen LogP contribution in [0.5, 0.6) is 5.88 Å². The van der Waals surface area contributed by atoms with Crippen LogP contribution in [0.15, 0.2) is 6.33 Å². The van der Waals surface area contributed by atoms with E-state index >= 15 is 0 Å². The third-order valence-electron chi connectivity index (χ3n) is 2.06. The van der Waals surface area contributed by atoms with E-state index < -0.39 is 10.8 Å². The van der Waals surface area contributed by atoms with Gasteiger partial charge in [0.05, 0.1) is 12.0 Å². The summed E-state index contributed by atoms with van der Waals surface area (Å²) in [5, 5.41) is 13.6. The number of ether oxygens (including phenoxy) is 1. The lowest BCUT2D eigenvalue weighted by molar-refractivity contribution is -0.385. The van der Waals surface area contributed by atoms with Crippen LogP contribution >= 0.6 is 0 Å². The van der Waals surface area contributed by atoms with Crippen molar-refractivity contribution in [3.8, 4) is 5.88 Å². The summed E-state index contributed by atoms with van der Waals surface area (Å²) < 4.78 is 4.78. The number of hydrogen-bond acceptors (Lipinski definition) is 7. The van der Waals surface area contributed by atoms with E-state index in [2.05, 4.69) is 15.3 Å². The number of nitrogens with zero attached hydrogens (tertiary/aromatic N) is 3. The summed E-state index contributed by atoms with van der Waals surface area (Å²) in [7, 11) is 1.28. The number of nitrogens with one attached hydrogen (secondary N) is 1. The molecule has 3 N–H and O–H groups in total. The molecular weight excluding hydrogens is 242 g/mol. The average Bonchev–Trinajstić information content (AvgIpc) is 2.33. The summed E-state index contributed by atoms with van der Waals surface area (Å²) in [6.07, 6.45) is 1.81. The SMILES string of the molecule is COc1ncnc(NCCCC(N)=O)c1[N+](=O)[O-]. The number of methoxy groups -OCH3 is 1. The summed E-state index contributed by atoms with van der Waals surface area (Å²) in [6, 6.07) is 0. The lowest BCUT2D eigenvalue weighted by atomic mass is 10.3. The fraction of sp³-hybridized carbons (Fsp3) is 0.444. The minimum atomic E-state index is -0.630. The second-order valence-corrected chi connectivity index (χ2v) is 3.33. The molecule has 1 amide bonds. The van der Waals surface area contributed by atoms with Gasteiger partial charge in [-0.2, -0.15) is 4.98 Å². The zero-order valence-electron chi connectivity index (χ0n) is 9.75. The number of carbonyl (C=O) groups is 1. The van der Waals surface area contributed by atoms with Crippen LogP contribution in [0.2, 0.25) is 0 Å². The maximum atomic E-state index is 10.9. The maximum Gasteiger partial charge on any atom is 0.372 e.